The summed E-state index contributed by atoms with van der Waals surface area (Å²) in [5.74, 6) is 0. The van der Waals surface area contributed by atoms with Crippen molar-refractivity contribution in [2.24, 2.45) is 0 Å². The van der Waals surface area contributed by atoms with E-state index >= 15 is 0 Å². The van der Waals surface area contributed by atoms with Crippen LogP contribution in [-0.4, -0.2) is 16.0 Å². The number of hydrogen-bond acceptors (Lipinski definition) is 2. The highest BCUT2D eigenvalue weighted by Crippen LogP contribution is 2.29. The van der Waals surface area contributed by atoms with Gasteiger partial charge in [-0.15, -0.1) is 0 Å². The Morgan fingerprint density at radius 3 is 3.07 bits per heavy atom. The molecule has 1 heterocycles. The Balaban J connectivity index is 2.10. The van der Waals surface area contributed by atoms with E-state index in [1.807, 2.05) is 6.07 Å². The van der Waals surface area contributed by atoms with Crippen LogP contribution in [0.2, 0.25) is 0 Å². The molecule has 4 heteroatoms. The first-order valence-electron chi connectivity index (χ1n) is 4.88. The highest BCUT2D eigenvalue weighted by Gasteiger charge is 2.23. The Morgan fingerprint density at radius 2 is 2.43 bits per heavy atom. The number of aromatic nitrogens is 2. The lowest BCUT2D eigenvalue weighted by Gasteiger charge is -2.24. The summed E-state index contributed by atoms with van der Waals surface area (Å²) in [6.07, 6.45) is 5.60. The Bertz CT molecular complexity index is 352. The minimum atomic E-state index is -0.705. The molecule has 0 saturated heterocycles. The zero-order chi connectivity index (χ0) is 9.97. The Hall–Kier alpha value is -1.37. The second kappa shape index (κ2) is 3.79. The second-order valence-electron chi connectivity index (χ2n) is 3.74. The number of hydrogen-bond donors (Lipinski definition) is 0. The molecular formula is C10H12FN3. The maximum atomic E-state index is 13.1. The first-order chi connectivity index (χ1) is 6.79. The molecule has 2 unspecified atom stereocenters. The van der Waals surface area contributed by atoms with Gasteiger partial charge in [-0.1, -0.05) is 0 Å². The Labute approximate surface area is 82.1 Å². The molecule has 0 N–H and O–H groups in total. The van der Waals surface area contributed by atoms with Gasteiger partial charge in [0, 0.05) is 12.6 Å². The van der Waals surface area contributed by atoms with Crippen molar-refractivity contribution in [1.29, 1.82) is 5.26 Å². The van der Waals surface area contributed by atoms with Gasteiger partial charge in [0.15, 0.2) is 0 Å². The molecule has 1 saturated carbocycles. The van der Waals surface area contributed by atoms with Crippen molar-refractivity contribution in [2.45, 2.75) is 37.9 Å². The van der Waals surface area contributed by atoms with Gasteiger partial charge in [0.1, 0.15) is 12.2 Å². The van der Waals surface area contributed by atoms with E-state index in [-0.39, 0.29) is 6.04 Å². The number of alkyl halides is 1. The van der Waals surface area contributed by atoms with E-state index < -0.39 is 6.17 Å². The van der Waals surface area contributed by atoms with E-state index in [1.165, 1.54) is 6.20 Å². The van der Waals surface area contributed by atoms with Crippen LogP contribution < -0.4 is 0 Å². The predicted octanol–water partition coefficient (Wildman–Crippen LogP) is 2.21. The lowest BCUT2D eigenvalue weighted by Crippen LogP contribution is -2.20. The maximum absolute atomic E-state index is 13.1. The van der Waals surface area contributed by atoms with Crippen molar-refractivity contribution in [2.75, 3.05) is 0 Å². The fourth-order valence-corrected chi connectivity index (χ4v) is 1.94. The van der Waals surface area contributed by atoms with Gasteiger partial charge in [0.2, 0.25) is 0 Å². The molecule has 3 nitrogen and oxygen atoms in total. The fourth-order valence-electron chi connectivity index (χ4n) is 1.94. The maximum Gasteiger partial charge on any atom is 0.102 e. The Morgan fingerprint density at radius 1 is 1.57 bits per heavy atom. The largest absolute Gasteiger partial charge is 0.268 e. The molecule has 0 aromatic carbocycles. The molecule has 74 valence electrons. The van der Waals surface area contributed by atoms with Crippen LogP contribution in [0.15, 0.2) is 12.4 Å². The van der Waals surface area contributed by atoms with Gasteiger partial charge in [-0.05, 0) is 19.3 Å². The molecule has 0 aliphatic heterocycles. The predicted molar refractivity (Wildman–Crippen MR) is 49.3 cm³/mol. The van der Waals surface area contributed by atoms with Crippen LogP contribution in [0, 0.1) is 11.3 Å². The molecule has 1 fully saturated rings. The lowest BCUT2D eigenvalue weighted by atomic mass is 9.94. The van der Waals surface area contributed by atoms with Crippen LogP contribution >= 0.6 is 0 Å². The molecule has 1 aliphatic rings. The summed E-state index contributed by atoms with van der Waals surface area (Å²) in [5.41, 5.74) is 0.547. The zero-order valence-corrected chi connectivity index (χ0v) is 7.86. The SMILES string of the molecule is N#Cc1cnn(C2CCCC(F)C2)c1. The molecule has 1 aromatic rings. The van der Waals surface area contributed by atoms with Crippen molar-refractivity contribution in [3.63, 3.8) is 0 Å². The minimum absolute atomic E-state index is 0.140. The van der Waals surface area contributed by atoms with E-state index in [0.717, 1.165) is 12.8 Å². The third kappa shape index (κ3) is 1.77. The summed E-state index contributed by atoms with van der Waals surface area (Å²) in [7, 11) is 0. The van der Waals surface area contributed by atoms with Crippen molar-refractivity contribution in [3.05, 3.63) is 18.0 Å². The first kappa shape index (κ1) is 9.20. The van der Waals surface area contributed by atoms with Crippen LogP contribution in [0.1, 0.15) is 37.3 Å². The van der Waals surface area contributed by atoms with Crippen LogP contribution in [0.3, 0.4) is 0 Å². The minimum Gasteiger partial charge on any atom is -0.268 e. The Kier molecular flexibility index (Phi) is 2.49. The summed E-state index contributed by atoms with van der Waals surface area (Å²) >= 11 is 0. The average Bonchev–Trinajstić information content (AvgIpc) is 2.66. The molecule has 0 bridgehead atoms. The molecule has 1 aromatic heterocycles. The fraction of sp³-hybridized carbons (Fsp3) is 0.600. The number of nitrogens with zero attached hydrogens (tertiary/aromatic N) is 3. The van der Waals surface area contributed by atoms with E-state index in [1.54, 1.807) is 10.9 Å². The van der Waals surface area contributed by atoms with Gasteiger partial charge < -0.3 is 0 Å². The standard InChI is InChI=1S/C10H12FN3/c11-9-2-1-3-10(4-9)14-7-8(5-12)6-13-14/h6-7,9-10H,1-4H2. The molecule has 2 rings (SSSR count). The van der Waals surface area contributed by atoms with Crippen LogP contribution in [0.4, 0.5) is 4.39 Å². The zero-order valence-electron chi connectivity index (χ0n) is 7.86. The van der Waals surface area contributed by atoms with Gasteiger partial charge in [0.25, 0.3) is 0 Å². The molecule has 0 amide bonds. The monoisotopic (exact) mass is 193 g/mol. The van der Waals surface area contributed by atoms with Crippen LogP contribution in [-0.2, 0) is 0 Å². The van der Waals surface area contributed by atoms with E-state index in [0.29, 0.717) is 18.4 Å². The second-order valence-corrected chi connectivity index (χ2v) is 3.74. The van der Waals surface area contributed by atoms with Gasteiger partial charge in [-0.2, -0.15) is 10.4 Å². The molecule has 0 spiro atoms. The smallest absolute Gasteiger partial charge is 0.102 e. The summed E-state index contributed by atoms with van der Waals surface area (Å²) in [6, 6.07) is 2.16. The third-order valence-corrected chi connectivity index (χ3v) is 2.69. The molecule has 1 aliphatic carbocycles. The normalized spacial score (nSPS) is 27.1. The van der Waals surface area contributed by atoms with Crippen molar-refractivity contribution in [3.8, 4) is 6.07 Å². The third-order valence-electron chi connectivity index (χ3n) is 2.69. The quantitative estimate of drug-likeness (QED) is 0.686. The molecule has 2 atom stereocenters. The molecule has 14 heavy (non-hydrogen) atoms. The average molecular weight is 193 g/mol. The van der Waals surface area contributed by atoms with Crippen molar-refractivity contribution in [1.82, 2.24) is 9.78 Å². The highest BCUT2D eigenvalue weighted by atomic mass is 19.1. The molecule has 0 radical (unpaired) electrons. The number of nitriles is 1. The van der Waals surface area contributed by atoms with Crippen molar-refractivity contribution >= 4 is 0 Å². The van der Waals surface area contributed by atoms with Gasteiger partial charge in [-0.25, -0.2) is 4.39 Å². The van der Waals surface area contributed by atoms with Crippen molar-refractivity contribution < 1.29 is 4.39 Å². The summed E-state index contributed by atoms with van der Waals surface area (Å²) in [5, 5.41) is 12.7. The lowest BCUT2D eigenvalue weighted by molar-refractivity contribution is 0.192. The van der Waals surface area contributed by atoms with Gasteiger partial charge >= 0.3 is 0 Å². The van der Waals surface area contributed by atoms with E-state index in [9.17, 15) is 4.39 Å². The van der Waals surface area contributed by atoms with Gasteiger partial charge in [0.05, 0.1) is 17.8 Å². The van der Waals surface area contributed by atoms with Crippen LogP contribution in [0.25, 0.3) is 0 Å². The topological polar surface area (TPSA) is 41.6 Å². The van der Waals surface area contributed by atoms with E-state index in [4.69, 9.17) is 5.26 Å². The summed E-state index contributed by atoms with van der Waals surface area (Å²) in [6.45, 7) is 0. The molecular weight excluding hydrogens is 181 g/mol. The number of halogens is 1. The van der Waals surface area contributed by atoms with Gasteiger partial charge in [-0.3, -0.25) is 4.68 Å². The number of rotatable bonds is 1. The highest BCUT2D eigenvalue weighted by molar-refractivity contribution is 5.21. The first-order valence-corrected chi connectivity index (χ1v) is 4.88. The summed E-state index contributed by atoms with van der Waals surface area (Å²) < 4.78 is 14.8. The van der Waals surface area contributed by atoms with E-state index in [2.05, 4.69) is 5.10 Å². The summed E-state index contributed by atoms with van der Waals surface area (Å²) in [4.78, 5) is 0. The van der Waals surface area contributed by atoms with Crippen LogP contribution in [0.5, 0.6) is 0 Å².